The third kappa shape index (κ3) is 5.35. The maximum Gasteiger partial charge on any atom is 0.256 e. The number of piperidine rings is 1. The van der Waals surface area contributed by atoms with Gasteiger partial charge < -0.3 is 19.4 Å². The Labute approximate surface area is 194 Å². The summed E-state index contributed by atoms with van der Waals surface area (Å²) in [5.41, 5.74) is -0.121. The van der Waals surface area contributed by atoms with Gasteiger partial charge in [0, 0.05) is 45.4 Å². The van der Waals surface area contributed by atoms with Crippen molar-refractivity contribution in [2.45, 2.75) is 37.5 Å². The molecule has 1 aliphatic rings. The number of benzene rings is 1. The van der Waals surface area contributed by atoms with Crippen LogP contribution in [0.4, 0.5) is 0 Å². The van der Waals surface area contributed by atoms with Crippen LogP contribution in [0, 0.1) is 5.92 Å². The van der Waals surface area contributed by atoms with Crippen LogP contribution in [0.1, 0.15) is 30.1 Å². The normalized spacial score (nSPS) is 15.8. The predicted octanol–water partition coefficient (Wildman–Crippen LogP) is 1.96. The molecular formula is C23H31N3O6S. The largest absolute Gasteiger partial charge is 0.354 e. The number of methoxy groups -OCH3 is 2. The van der Waals surface area contributed by atoms with Crippen LogP contribution in [0.25, 0.3) is 10.9 Å². The molecule has 33 heavy (non-hydrogen) atoms. The first-order chi connectivity index (χ1) is 15.7. The van der Waals surface area contributed by atoms with Crippen molar-refractivity contribution in [1.82, 2.24) is 14.2 Å². The molecule has 0 bridgehead atoms. The maximum atomic E-state index is 13.2. The molecule has 0 atom stereocenters. The highest BCUT2D eigenvalue weighted by Crippen LogP contribution is 2.25. The highest BCUT2D eigenvalue weighted by atomic mass is 32.2. The van der Waals surface area contributed by atoms with Gasteiger partial charge in [0.2, 0.25) is 15.5 Å². The number of ether oxygens (including phenoxy) is 2. The van der Waals surface area contributed by atoms with Crippen molar-refractivity contribution in [3.63, 3.8) is 0 Å². The van der Waals surface area contributed by atoms with Gasteiger partial charge in [-0.15, -0.1) is 6.58 Å². The molecule has 0 saturated carbocycles. The number of carbonyl (C=O) groups excluding carboxylic acids is 1. The van der Waals surface area contributed by atoms with E-state index in [9.17, 15) is 18.0 Å². The number of aromatic nitrogens is 1. The van der Waals surface area contributed by atoms with Gasteiger partial charge in [0.15, 0.2) is 6.29 Å². The number of rotatable bonds is 9. The Morgan fingerprint density at radius 1 is 1.27 bits per heavy atom. The second-order valence-corrected chi connectivity index (χ2v) is 10.1. The lowest BCUT2D eigenvalue weighted by Gasteiger charge is -2.29. The van der Waals surface area contributed by atoms with Crippen molar-refractivity contribution in [2.24, 2.45) is 5.92 Å². The number of sulfonamides is 1. The average molecular weight is 478 g/mol. The third-order valence-corrected chi connectivity index (χ3v) is 7.85. The highest BCUT2D eigenvalue weighted by molar-refractivity contribution is 7.89. The van der Waals surface area contributed by atoms with Gasteiger partial charge >= 0.3 is 0 Å². The summed E-state index contributed by atoms with van der Waals surface area (Å²) in [5, 5.41) is 2.78. The average Bonchev–Trinajstić information content (AvgIpc) is 2.81. The SMILES string of the molecule is C=CCn1cc(C(=O)NCC(OC)OC)c(=O)c2cc(S(=O)(=O)N3CCC(C)CC3)ccc21. The summed E-state index contributed by atoms with van der Waals surface area (Å²) in [7, 11) is -0.863. The fourth-order valence-corrected chi connectivity index (χ4v) is 5.39. The minimum absolute atomic E-state index is 0.0446. The van der Waals surface area contributed by atoms with Gasteiger partial charge in [-0.25, -0.2) is 8.42 Å². The fraction of sp³-hybridized carbons (Fsp3) is 0.478. The summed E-state index contributed by atoms with van der Waals surface area (Å²) in [6.45, 7) is 7.12. The number of nitrogens with zero attached hydrogens (tertiary/aromatic N) is 2. The molecule has 2 heterocycles. The van der Waals surface area contributed by atoms with Crippen LogP contribution in [-0.4, -0.2) is 63.3 Å². The molecule has 1 saturated heterocycles. The lowest BCUT2D eigenvalue weighted by atomic mass is 10.0. The van der Waals surface area contributed by atoms with E-state index < -0.39 is 27.6 Å². The molecule has 2 aromatic rings. The maximum absolute atomic E-state index is 13.2. The van der Waals surface area contributed by atoms with Gasteiger partial charge in [-0.05, 0) is 37.0 Å². The molecule has 1 fully saturated rings. The number of hydrogen-bond donors (Lipinski definition) is 1. The molecule has 180 valence electrons. The van der Waals surface area contributed by atoms with E-state index in [0.29, 0.717) is 31.1 Å². The molecule has 9 nitrogen and oxygen atoms in total. The molecule has 0 radical (unpaired) electrons. The van der Waals surface area contributed by atoms with Crippen LogP contribution in [-0.2, 0) is 26.0 Å². The number of hydrogen-bond acceptors (Lipinski definition) is 6. The molecule has 10 heteroatoms. The van der Waals surface area contributed by atoms with E-state index in [1.807, 2.05) is 0 Å². The Bertz CT molecular complexity index is 1180. The molecule has 0 spiro atoms. The molecule has 0 aliphatic carbocycles. The van der Waals surface area contributed by atoms with E-state index in [1.165, 1.54) is 36.9 Å². The summed E-state index contributed by atoms with van der Waals surface area (Å²) in [6, 6.07) is 4.48. The number of allylic oxidation sites excluding steroid dienone is 1. The van der Waals surface area contributed by atoms with Crippen molar-refractivity contribution >= 4 is 26.8 Å². The first-order valence-corrected chi connectivity index (χ1v) is 12.3. The fourth-order valence-electron chi connectivity index (χ4n) is 3.90. The Morgan fingerprint density at radius 3 is 2.55 bits per heavy atom. The van der Waals surface area contributed by atoms with Crippen LogP contribution in [0.3, 0.4) is 0 Å². The second-order valence-electron chi connectivity index (χ2n) is 8.19. The lowest BCUT2D eigenvalue weighted by Crippen LogP contribution is -2.38. The molecule has 1 amide bonds. The predicted molar refractivity (Wildman–Crippen MR) is 126 cm³/mol. The van der Waals surface area contributed by atoms with Crippen molar-refractivity contribution in [1.29, 1.82) is 0 Å². The Hall–Kier alpha value is -2.53. The van der Waals surface area contributed by atoms with E-state index in [0.717, 1.165) is 12.8 Å². The summed E-state index contributed by atoms with van der Waals surface area (Å²) >= 11 is 0. The zero-order valence-corrected chi connectivity index (χ0v) is 20.1. The summed E-state index contributed by atoms with van der Waals surface area (Å²) in [6.07, 6.45) is 4.03. The zero-order valence-electron chi connectivity index (χ0n) is 19.2. The molecule has 1 aromatic heterocycles. The van der Waals surface area contributed by atoms with E-state index in [4.69, 9.17) is 9.47 Å². The monoisotopic (exact) mass is 477 g/mol. The zero-order chi connectivity index (χ0) is 24.2. The molecule has 3 rings (SSSR count). The van der Waals surface area contributed by atoms with Crippen molar-refractivity contribution in [3.8, 4) is 0 Å². The van der Waals surface area contributed by atoms with Gasteiger partial charge in [-0.1, -0.05) is 13.0 Å². The van der Waals surface area contributed by atoms with E-state index in [2.05, 4.69) is 18.8 Å². The van der Waals surface area contributed by atoms with Gasteiger partial charge in [0.25, 0.3) is 5.91 Å². The van der Waals surface area contributed by atoms with Crippen LogP contribution in [0.5, 0.6) is 0 Å². The Morgan fingerprint density at radius 2 is 1.94 bits per heavy atom. The summed E-state index contributed by atoms with van der Waals surface area (Å²) < 4.78 is 39.7. The van der Waals surface area contributed by atoms with Gasteiger partial charge in [0.05, 0.1) is 17.0 Å². The third-order valence-electron chi connectivity index (χ3n) is 5.96. The standard InChI is InChI=1S/C23H31N3O6S/c1-5-10-25-15-19(23(28)24-14-21(31-3)32-4)22(27)18-13-17(6-7-20(18)25)33(29,30)26-11-8-16(2)9-12-26/h5-7,13,15-16,21H,1,8-12,14H2,2-4H3,(H,24,28). The van der Waals surface area contributed by atoms with Crippen LogP contribution < -0.4 is 10.7 Å². The molecule has 1 N–H and O–H groups in total. The van der Waals surface area contributed by atoms with Crippen molar-refractivity contribution in [3.05, 3.63) is 52.8 Å². The Balaban J connectivity index is 2.04. The van der Waals surface area contributed by atoms with E-state index in [-0.39, 0.29) is 22.4 Å². The summed E-state index contributed by atoms with van der Waals surface area (Å²) in [5.74, 6) is -0.117. The lowest BCUT2D eigenvalue weighted by molar-refractivity contribution is -0.0974. The van der Waals surface area contributed by atoms with Crippen LogP contribution >= 0.6 is 0 Å². The first-order valence-electron chi connectivity index (χ1n) is 10.8. The van der Waals surface area contributed by atoms with Gasteiger partial charge in [0.1, 0.15) is 5.56 Å². The number of pyridine rings is 1. The Kier molecular flexibility index (Phi) is 8.06. The van der Waals surface area contributed by atoms with Crippen molar-refractivity contribution < 1.29 is 22.7 Å². The second kappa shape index (κ2) is 10.6. The van der Waals surface area contributed by atoms with Gasteiger partial charge in [-0.2, -0.15) is 4.31 Å². The molecule has 1 aromatic carbocycles. The molecular weight excluding hydrogens is 446 g/mol. The number of amides is 1. The smallest absolute Gasteiger partial charge is 0.256 e. The topological polar surface area (TPSA) is 107 Å². The van der Waals surface area contributed by atoms with Crippen molar-refractivity contribution in [2.75, 3.05) is 33.9 Å². The molecule has 1 aliphatic heterocycles. The molecule has 0 unspecified atom stereocenters. The van der Waals surface area contributed by atoms with Crippen LogP contribution in [0.15, 0.2) is 46.7 Å². The number of nitrogens with one attached hydrogen (secondary N) is 1. The van der Waals surface area contributed by atoms with Gasteiger partial charge in [-0.3, -0.25) is 9.59 Å². The van der Waals surface area contributed by atoms with Crippen LogP contribution in [0.2, 0.25) is 0 Å². The minimum atomic E-state index is -3.75. The number of carbonyl (C=O) groups is 1. The quantitative estimate of drug-likeness (QED) is 0.437. The number of fused-ring (bicyclic) bond motifs is 1. The van der Waals surface area contributed by atoms with E-state index >= 15 is 0 Å². The van der Waals surface area contributed by atoms with E-state index in [1.54, 1.807) is 16.7 Å². The summed E-state index contributed by atoms with van der Waals surface area (Å²) in [4.78, 5) is 26.1. The first kappa shape index (κ1) is 25.1. The highest BCUT2D eigenvalue weighted by Gasteiger charge is 2.29. The minimum Gasteiger partial charge on any atom is -0.354 e.